The van der Waals surface area contributed by atoms with Crippen LogP contribution in [0.5, 0.6) is 0 Å². The molecule has 2 amide bonds. The molecule has 0 spiro atoms. The van der Waals surface area contributed by atoms with E-state index in [9.17, 15) is 18.0 Å². The van der Waals surface area contributed by atoms with Gasteiger partial charge in [-0.1, -0.05) is 40.9 Å². The predicted molar refractivity (Wildman–Crippen MR) is 136 cm³/mol. The van der Waals surface area contributed by atoms with E-state index in [1.807, 2.05) is 20.8 Å². The first-order valence-electron chi connectivity index (χ1n) is 10.4. The Labute approximate surface area is 216 Å². The van der Waals surface area contributed by atoms with Crippen molar-refractivity contribution >= 4 is 56.6 Å². The largest absolute Gasteiger partial charge is 0.350 e. The number of halogens is 3. The first-order valence-corrected chi connectivity index (χ1v) is 13.0. The van der Waals surface area contributed by atoms with Crippen molar-refractivity contribution in [2.24, 2.45) is 0 Å². The SMILES string of the molecule is C[C@@H](C(=O)NC(C)(C)C)N(Cc1c(Cl)cccc1Cl)C(=O)CN(C)S(=O)(=O)c1ccc(Cl)cc1. The van der Waals surface area contributed by atoms with Gasteiger partial charge in [-0.3, -0.25) is 9.59 Å². The highest BCUT2D eigenvalue weighted by atomic mass is 35.5. The van der Waals surface area contributed by atoms with Gasteiger partial charge in [-0.05, 0) is 64.1 Å². The van der Waals surface area contributed by atoms with Gasteiger partial charge in [0.2, 0.25) is 21.8 Å². The van der Waals surface area contributed by atoms with E-state index in [-0.39, 0.29) is 11.4 Å². The van der Waals surface area contributed by atoms with Gasteiger partial charge in [-0.2, -0.15) is 4.31 Å². The average molecular weight is 549 g/mol. The molecule has 7 nitrogen and oxygen atoms in total. The van der Waals surface area contributed by atoms with Crippen molar-refractivity contribution in [1.29, 1.82) is 0 Å². The summed E-state index contributed by atoms with van der Waals surface area (Å²) in [7, 11) is -2.68. The standard InChI is InChI=1S/C23H28Cl3N3O4S/c1-15(22(31)27-23(2,3)4)29(13-18-19(25)7-6-8-20(18)26)21(30)14-28(5)34(32,33)17-11-9-16(24)10-12-17/h6-12,15H,13-14H2,1-5H3,(H,27,31)/t15-/m0/s1. The lowest BCUT2D eigenvalue weighted by Crippen LogP contribution is -2.54. The first-order chi connectivity index (χ1) is 15.6. The van der Waals surface area contributed by atoms with E-state index in [1.54, 1.807) is 25.1 Å². The van der Waals surface area contributed by atoms with E-state index in [1.165, 1.54) is 36.2 Å². The Bertz CT molecular complexity index is 1130. The van der Waals surface area contributed by atoms with E-state index in [2.05, 4.69) is 5.32 Å². The summed E-state index contributed by atoms with van der Waals surface area (Å²) in [5.41, 5.74) is -0.0746. The molecule has 0 aromatic heterocycles. The predicted octanol–water partition coefficient (Wildman–Crippen LogP) is 4.60. The summed E-state index contributed by atoms with van der Waals surface area (Å²) in [6, 6.07) is 9.63. The van der Waals surface area contributed by atoms with Gasteiger partial charge in [0.05, 0.1) is 11.4 Å². The molecule has 0 aliphatic rings. The summed E-state index contributed by atoms with van der Waals surface area (Å²) in [6.45, 7) is 6.45. The molecule has 0 fully saturated rings. The van der Waals surface area contributed by atoms with Crippen molar-refractivity contribution in [3.8, 4) is 0 Å². The second kappa shape index (κ2) is 11.3. The molecule has 2 aromatic carbocycles. The monoisotopic (exact) mass is 547 g/mol. The molecular weight excluding hydrogens is 521 g/mol. The zero-order valence-electron chi connectivity index (χ0n) is 19.6. The molecule has 0 saturated heterocycles. The Hall–Kier alpha value is -1.84. The minimum Gasteiger partial charge on any atom is -0.350 e. The number of sulfonamides is 1. The zero-order valence-corrected chi connectivity index (χ0v) is 22.7. The van der Waals surface area contributed by atoms with Gasteiger partial charge in [-0.25, -0.2) is 8.42 Å². The quantitative estimate of drug-likeness (QED) is 0.522. The normalized spacial score (nSPS) is 13.0. The molecule has 0 saturated carbocycles. The lowest BCUT2D eigenvalue weighted by atomic mass is 10.1. The maximum absolute atomic E-state index is 13.4. The zero-order chi connectivity index (χ0) is 25.8. The molecule has 11 heteroatoms. The minimum absolute atomic E-state index is 0.00794. The molecule has 1 atom stereocenters. The van der Waals surface area contributed by atoms with Crippen LogP contribution in [0.2, 0.25) is 15.1 Å². The smallest absolute Gasteiger partial charge is 0.243 e. The van der Waals surface area contributed by atoms with Crippen LogP contribution in [0.25, 0.3) is 0 Å². The van der Waals surface area contributed by atoms with E-state index in [0.717, 1.165) is 4.31 Å². The van der Waals surface area contributed by atoms with E-state index in [0.29, 0.717) is 20.6 Å². The van der Waals surface area contributed by atoms with Crippen LogP contribution in [0.3, 0.4) is 0 Å². The van der Waals surface area contributed by atoms with Gasteiger partial charge in [0.15, 0.2) is 0 Å². The summed E-state index contributed by atoms with van der Waals surface area (Å²) < 4.78 is 26.8. The van der Waals surface area contributed by atoms with Gasteiger partial charge in [0.1, 0.15) is 6.04 Å². The highest BCUT2D eigenvalue weighted by Gasteiger charge is 2.32. The van der Waals surface area contributed by atoms with Crippen molar-refractivity contribution in [2.75, 3.05) is 13.6 Å². The summed E-state index contributed by atoms with van der Waals surface area (Å²) in [5.74, 6) is -0.986. The third-order valence-corrected chi connectivity index (χ3v) is 7.71. The summed E-state index contributed by atoms with van der Waals surface area (Å²) in [5, 5.41) is 3.89. The van der Waals surface area contributed by atoms with Gasteiger partial charge in [0.25, 0.3) is 0 Å². The van der Waals surface area contributed by atoms with Gasteiger partial charge in [-0.15, -0.1) is 0 Å². The molecule has 0 radical (unpaired) electrons. The van der Waals surface area contributed by atoms with E-state index >= 15 is 0 Å². The van der Waals surface area contributed by atoms with Crippen molar-refractivity contribution in [3.63, 3.8) is 0 Å². The van der Waals surface area contributed by atoms with Crippen LogP contribution >= 0.6 is 34.8 Å². The summed E-state index contributed by atoms with van der Waals surface area (Å²) >= 11 is 18.5. The molecule has 2 rings (SSSR count). The Morgan fingerprint density at radius 1 is 1.00 bits per heavy atom. The molecular formula is C23H28Cl3N3O4S. The number of benzene rings is 2. The van der Waals surface area contributed by atoms with Crippen LogP contribution in [0.4, 0.5) is 0 Å². The van der Waals surface area contributed by atoms with Crippen LogP contribution in [0, 0.1) is 0 Å². The van der Waals surface area contributed by atoms with Crippen LogP contribution in [-0.2, 0) is 26.2 Å². The number of nitrogens with one attached hydrogen (secondary N) is 1. The highest BCUT2D eigenvalue weighted by molar-refractivity contribution is 7.89. The number of carbonyl (C=O) groups is 2. The van der Waals surface area contributed by atoms with Crippen molar-refractivity contribution in [3.05, 3.63) is 63.1 Å². The van der Waals surface area contributed by atoms with E-state index in [4.69, 9.17) is 34.8 Å². The number of hydrogen-bond acceptors (Lipinski definition) is 4. The van der Waals surface area contributed by atoms with Crippen LogP contribution in [0.15, 0.2) is 47.4 Å². The second-order valence-corrected chi connectivity index (χ2v) is 12.1. The molecule has 2 aromatic rings. The molecule has 34 heavy (non-hydrogen) atoms. The van der Waals surface area contributed by atoms with Crippen LogP contribution < -0.4 is 5.32 Å². The molecule has 0 unspecified atom stereocenters. The third kappa shape index (κ3) is 7.33. The molecule has 0 aliphatic heterocycles. The fraction of sp³-hybridized carbons (Fsp3) is 0.391. The number of nitrogens with zero attached hydrogens (tertiary/aromatic N) is 2. The molecule has 1 N–H and O–H groups in total. The van der Waals surface area contributed by atoms with Gasteiger partial charge < -0.3 is 10.2 Å². The molecule has 186 valence electrons. The lowest BCUT2D eigenvalue weighted by Gasteiger charge is -2.32. The number of amides is 2. The van der Waals surface area contributed by atoms with Gasteiger partial charge in [0, 0.05) is 39.8 Å². The lowest BCUT2D eigenvalue weighted by molar-refractivity contribution is -0.141. The minimum atomic E-state index is -3.97. The fourth-order valence-corrected chi connectivity index (χ4v) is 4.83. The molecule has 0 aliphatic carbocycles. The average Bonchev–Trinajstić information content (AvgIpc) is 2.72. The number of rotatable bonds is 8. The van der Waals surface area contributed by atoms with Crippen LogP contribution in [0.1, 0.15) is 33.3 Å². The highest BCUT2D eigenvalue weighted by Crippen LogP contribution is 2.27. The topological polar surface area (TPSA) is 86.8 Å². The number of carbonyl (C=O) groups excluding carboxylic acids is 2. The Morgan fingerprint density at radius 3 is 2.03 bits per heavy atom. The Morgan fingerprint density at radius 2 is 1.53 bits per heavy atom. The molecule has 0 heterocycles. The first kappa shape index (κ1) is 28.4. The van der Waals surface area contributed by atoms with Crippen molar-refractivity contribution in [2.45, 2.75) is 50.7 Å². The third-order valence-electron chi connectivity index (χ3n) is 4.94. The van der Waals surface area contributed by atoms with E-state index < -0.39 is 40.0 Å². The van der Waals surface area contributed by atoms with Crippen LogP contribution in [-0.4, -0.2) is 54.6 Å². The maximum atomic E-state index is 13.4. The molecule has 0 bridgehead atoms. The number of hydrogen-bond donors (Lipinski definition) is 1. The van der Waals surface area contributed by atoms with Crippen molar-refractivity contribution < 1.29 is 18.0 Å². The summed E-state index contributed by atoms with van der Waals surface area (Å²) in [4.78, 5) is 27.5. The maximum Gasteiger partial charge on any atom is 0.243 e. The van der Waals surface area contributed by atoms with Crippen molar-refractivity contribution in [1.82, 2.24) is 14.5 Å². The Kier molecular flexibility index (Phi) is 9.41. The fourth-order valence-electron chi connectivity index (χ4n) is 3.06. The number of likely N-dealkylation sites (N-methyl/N-ethyl adjacent to an activating group) is 1. The summed E-state index contributed by atoms with van der Waals surface area (Å²) in [6.07, 6.45) is 0. The second-order valence-electron chi connectivity index (χ2n) is 8.85. The van der Waals surface area contributed by atoms with Gasteiger partial charge >= 0.3 is 0 Å². The Balaban J connectivity index is 2.36.